The normalized spacial score (nSPS) is 34.7. The van der Waals surface area contributed by atoms with Gasteiger partial charge < -0.3 is 5.32 Å². The van der Waals surface area contributed by atoms with Gasteiger partial charge in [-0.3, -0.25) is 0 Å². The summed E-state index contributed by atoms with van der Waals surface area (Å²) in [7, 11) is 0. The van der Waals surface area contributed by atoms with Gasteiger partial charge in [0.05, 0.1) is 0 Å². The Kier molecular flexibility index (Phi) is 1.80. The van der Waals surface area contributed by atoms with E-state index in [1.165, 1.54) is 19.4 Å². The average molecular weight is 127 g/mol. The Morgan fingerprint density at radius 1 is 1.56 bits per heavy atom. The number of hydrogen-bond acceptors (Lipinski definition) is 1. The van der Waals surface area contributed by atoms with Crippen LogP contribution < -0.4 is 5.32 Å². The van der Waals surface area contributed by atoms with E-state index in [4.69, 9.17) is 0 Å². The molecule has 1 fully saturated rings. The molecule has 0 radical (unpaired) electrons. The van der Waals surface area contributed by atoms with Gasteiger partial charge in [-0.15, -0.1) is 0 Å². The summed E-state index contributed by atoms with van der Waals surface area (Å²) in [6, 6.07) is 0. The van der Waals surface area contributed by atoms with Gasteiger partial charge in [0.15, 0.2) is 0 Å². The molecule has 0 aromatic rings. The third-order valence-corrected chi connectivity index (χ3v) is 2.78. The van der Waals surface area contributed by atoms with Crippen molar-refractivity contribution in [1.82, 2.24) is 5.32 Å². The van der Waals surface area contributed by atoms with Gasteiger partial charge in [-0.25, -0.2) is 0 Å². The second-order valence-corrected chi connectivity index (χ2v) is 3.34. The first-order valence-corrected chi connectivity index (χ1v) is 3.96. The SMILES string of the molecule is CCC1(C(C)C)CCN1. The molecule has 1 heterocycles. The van der Waals surface area contributed by atoms with Crippen molar-refractivity contribution in [3.63, 3.8) is 0 Å². The van der Waals surface area contributed by atoms with E-state index in [0.717, 1.165) is 5.92 Å². The average Bonchev–Trinajstić information content (AvgIpc) is 1.62. The Balaban J connectivity index is 2.46. The molecule has 0 aromatic heterocycles. The minimum absolute atomic E-state index is 0.514. The summed E-state index contributed by atoms with van der Waals surface area (Å²) >= 11 is 0. The lowest BCUT2D eigenvalue weighted by molar-refractivity contribution is 0.134. The van der Waals surface area contributed by atoms with Crippen LogP contribution in [0.2, 0.25) is 0 Å². The fraction of sp³-hybridized carbons (Fsp3) is 1.00. The van der Waals surface area contributed by atoms with E-state index in [1.54, 1.807) is 0 Å². The van der Waals surface area contributed by atoms with Crippen LogP contribution in [0.15, 0.2) is 0 Å². The molecular formula is C8H17N. The Morgan fingerprint density at radius 2 is 2.11 bits per heavy atom. The van der Waals surface area contributed by atoms with E-state index in [2.05, 4.69) is 26.1 Å². The van der Waals surface area contributed by atoms with Gasteiger partial charge in [-0.05, 0) is 25.3 Å². The molecule has 54 valence electrons. The molecule has 0 bridgehead atoms. The first-order chi connectivity index (χ1) is 4.21. The number of nitrogens with one attached hydrogen (secondary N) is 1. The zero-order valence-corrected chi connectivity index (χ0v) is 6.70. The first-order valence-electron chi connectivity index (χ1n) is 3.96. The van der Waals surface area contributed by atoms with E-state index in [1.807, 2.05) is 0 Å². The molecule has 0 saturated carbocycles. The van der Waals surface area contributed by atoms with Crippen molar-refractivity contribution < 1.29 is 0 Å². The summed E-state index contributed by atoms with van der Waals surface area (Å²) in [5.41, 5.74) is 0.514. The van der Waals surface area contributed by atoms with Crippen LogP contribution in [0.25, 0.3) is 0 Å². The third-order valence-electron chi connectivity index (χ3n) is 2.78. The van der Waals surface area contributed by atoms with E-state index >= 15 is 0 Å². The number of hydrogen-bond donors (Lipinski definition) is 1. The highest BCUT2D eigenvalue weighted by atomic mass is 15.0. The minimum atomic E-state index is 0.514. The summed E-state index contributed by atoms with van der Waals surface area (Å²) < 4.78 is 0. The fourth-order valence-electron chi connectivity index (χ4n) is 1.65. The van der Waals surface area contributed by atoms with E-state index in [9.17, 15) is 0 Å². The zero-order chi connectivity index (χ0) is 6.91. The van der Waals surface area contributed by atoms with Crippen LogP contribution in [0.4, 0.5) is 0 Å². The molecule has 1 aliphatic heterocycles. The number of rotatable bonds is 2. The maximum Gasteiger partial charge on any atom is 0.0213 e. The summed E-state index contributed by atoms with van der Waals surface area (Å²) in [6.07, 6.45) is 2.66. The highest BCUT2D eigenvalue weighted by Crippen LogP contribution is 2.30. The molecule has 0 spiro atoms. The smallest absolute Gasteiger partial charge is 0.0213 e. The van der Waals surface area contributed by atoms with Gasteiger partial charge in [0.1, 0.15) is 0 Å². The van der Waals surface area contributed by atoms with Crippen molar-refractivity contribution in [2.45, 2.75) is 39.2 Å². The molecule has 0 amide bonds. The molecule has 0 aliphatic carbocycles. The molecule has 1 nitrogen and oxygen atoms in total. The topological polar surface area (TPSA) is 12.0 Å². The highest BCUT2D eigenvalue weighted by Gasteiger charge is 2.36. The molecule has 1 atom stereocenters. The van der Waals surface area contributed by atoms with Gasteiger partial charge in [-0.2, -0.15) is 0 Å². The second kappa shape index (κ2) is 2.30. The standard InChI is InChI=1S/C8H17N/c1-4-8(7(2)3)5-6-9-8/h7,9H,4-6H2,1-3H3. The summed E-state index contributed by atoms with van der Waals surface area (Å²) in [5.74, 6) is 0.802. The first kappa shape index (κ1) is 7.07. The van der Waals surface area contributed by atoms with Crippen molar-refractivity contribution in [1.29, 1.82) is 0 Å². The lowest BCUT2D eigenvalue weighted by Gasteiger charge is -2.46. The van der Waals surface area contributed by atoms with Gasteiger partial charge in [0.2, 0.25) is 0 Å². The van der Waals surface area contributed by atoms with E-state index in [-0.39, 0.29) is 0 Å². The Morgan fingerprint density at radius 3 is 2.11 bits per heavy atom. The fourth-order valence-corrected chi connectivity index (χ4v) is 1.65. The molecule has 1 aliphatic rings. The maximum absolute atomic E-state index is 3.51. The van der Waals surface area contributed by atoms with Crippen LogP contribution in [0, 0.1) is 5.92 Å². The van der Waals surface area contributed by atoms with Gasteiger partial charge in [0.25, 0.3) is 0 Å². The van der Waals surface area contributed by atoms with E-state index < -0.39 is 0 Å². The van der Waals surface area contributed by atoms with Crippen molar-refractivity contribution in [2.75, 3.05) is 6.54 Å². The van der Waals surface area contributed by atoms with Crippen LogP contribution >= 0.6 is 0 Å². The monoisotopic (exact) mass is 127 g/mol. The second-order valence-electron chi connectivity index (χ2n) is 3.34. The van der Waals surface area contributed by atoms with Crippen LogP contribution in [-0.2, 0) is 0 Å². The van der Waals surface area contributed by atoms with Crippen molar-refractivity contribution in [2.24, 2.45) is 5.92 Å². The lowest BCUT2D eigenvalue weighted by Crippen LogP contribution is -2.59. The van der Waals surface area contributed by atoms with Gasteiger partial charge in [0, 0.05) is 5.54 Å². The zero-order valence-electron chi connectivity index (χ0n) is 6.70. The Hall–Kier alpha value is -0.0400. The third kappa shape index (κ3) is 0.983. The predicted octanol–water partition coefficient (Wildman–Crippen LogP) is 1.78. The Labute approximate surface area is 57.8 Å². The largest absolute Gasteiger partial charge is 0.311 e. The lowest BCUT2D eigenvalue weighted by atomic mass is 9.76. The van der Waals surface area contributed by atoms with Crippen LogP contribution in [0.3, 0.4) is 0 Å². The maximum atomic E-state index is 3.51. The molecule has 1 saturated heterocycles. The summed E-state index contributed by atoms with van der Waals surface area (Å²) in [6.45, 7) is 8.10. The van der Waals surface area contributed by atoms with Crippen molar-refractivity contribution >= 4 is 0 Å². The predicted molar refractivity (Wildman–Crippen MR) is 40.5 cm³/mol. The summed E-state index contributed by atoms with van der Waals surface area (Å²) in [5, 5.41) is 3.51. The minimum Gasteiger partial charge on any atom is -0.311 e. The van der Waals surface area contributed by atoms with Gasteiger partial charge >= 0.3 is 0 Å². The molecular weight excluding hydrogens is 110 g/mol. The Bertz CT molecular complexity index is 87.2. The molecule has 1 heteroatoms. The van der Waals surface area contributed by atoms with Crippen molar-refractivity contribution in [3.05, 3.63) is 0 Å². The van der Waals surface area contributed by atoms with Crippen LogP contribution in [0.5, 0.6) is 0 Å². The molecule has 9 heavy (non-hydrogen) atoms. The van der Waals surface area contributed by atoms with Crippen LogP contribution in [0.1, 0.15) is 33.6 Å². The molecule has 1 N–H and O–H groups in total. The molecule has 0 aromatic carbocycles. The van der Waals surface area contributed by atoms with E-state index in [0.29, 0.717) is 5.54 Å². The van der Waals surface area contributed by atoms with Crippen LogP contribution in [-0.4, -0.2) is 12.1 Å². The molecule has 1 unspecified atom stereocenters. The molecule has 1 rings (SSSR count). The highest BCUT2D eigenvalue weighted by molar-refractivity contribution is 4.97. The van der Waals surface area contributed by atoms with Crippen molar-refractivity contribution in [3.8, 4) is 0 Å². The summed E-state index contributed by atoms with van der Waals surface area (Å²) in [4.78, 5) is 0. The quantitative estimate of drug-likeness (QED) is 0.596. The van der Waals surface area contributed by atoms with Gasteiger partial charge in [-0.1, -0.05) is 20.8 Å².